The molecule has 0 unspecified atom stereocenters. The maximum absolute atomic E-state index is 2.36. The number of halogens is 1. The highest BCUT2D eigenvalue weighted by molar-refractivity contribution is 4.83. The SMILES string of the molecule is CCCCn1cc(C)[n+](CCCC)c1.[Cl-]. The van der Waals surface area contributed by atoms with Gasteiger partial charge in [0.15, 0.2) is 0 Å². The Morgan fingerprint density at radius 2 is 1.87 bits per heavy atom. The molecule has 0 saturated carbocycles. The van der Waals surface area contributed by atoms with Gasteiger partial charge < -0.3 is 12.4 Å². The molecule has 0 radical (unpaired) electrons. The summed E-state index contributed by atoms with van der Waals surface area (Å²) in [6.07, 6.45) is 9.61. The zero-order chi connectivity index (χ0) is 10.4. The number of hydrogen-bond acceptors (Lipinski definition) is 0. The first-order valence-corrected chi connectivity index (χ1v) is 5.83. The molecule has 0 aliphatic carbocycles. The standard InChI is InChI=1S/C12H23N2.ClH/c1-4-6-8-13-10-12(3)14(11-13)9-7-5-2;/h10-11H,4-9H2,1-3H3;1H/q+1;/p-1. The number of aryl methyl sites for hydroxylation is 3. The van der Waals surface area contributed by atoms with Crippen molar-refractivity contribution in [3.63, 3.8) is 0 Å². The molecule has 1 aromatic heterocycles. The summed E-state index contributed by atoms with van der Waals surface area (Å²) in [4.78, 5) is 0. The molecule has 1 rings (SSSR count). The lowest BCUT2D eigenvalue weighted by atomic mass is 10.3. The quantitative estimate of drug-likeness (QED) is 0.593. The maximum Gasteiger partial charge on any atom is 0.243 e. The summed E-state index contributed by atoms with van der Waals surface area (Å²) in [5.41, 5.74) is 1.38. The molecule has 0 aromatic carbocycles. The summed E-state index contributed by atoms with van der Waals surface area (Å²) in [5, 5.41) is 0. The second-order valence-electron chi connectivity index (χ2n) is 4.02. The van der Waals surface area contributed by atoms with Crippen LogP contribution in [-0.4, -0.2) is 4.57 Å². The van der Waals surface area contributed by atoms with Crippen molar-refractivity contribution in [2.24, 2.45) is 0 Å². The Balaban J connectivity index is 0.00000196. The molecule has 0 aliphatic rings. The first-order chi connectivity index (χ1) is 6.77. The van der Waals surface area contributed by atoms with Crippen LogP contribution in [0.3, 0.4) is 0 Å². The molecule has 0 atom stereocenters. The van der Waals surface area contributed by atoms with Crippen molar-refractivity contribution < 1.29 is 17.0 Å². The van der Waals surface area contributed by atoms with E-state index in [2.05, 4.69) is 42.4 Å². The highest BCUT2D eigenvalue weighted by Crippen LogP contribution is 1.98. The minimum absolute atomic E-state index is 0. The smallest absolute Gasteiger partial charge is 0.243 e. The highest BCUT2D eigenvalue weighted by Gasteiger charge is 2.07. The van der Waals surface area contributed by atoms with Gasteiger partial charge in [-0.25, -0.2) is 9.13 Å². The molecule has 0 aliphatic heterocycles. The Hall–Kier alpha value is -0.500. The zero-order valence-corrected chi connectivity index (χ0v) is 10.9. The fourth-order valence-electron chi connectivity index (χ4n) is 1.64. The van der Waals surface area contributed by atoms with Crippen LogP contribution in [0.4, 0.5) is 0 Å². The Morgan fingerprint density at radius 1 is 1.20 bits per heavy atom. The number of unbranched alkanes of at least 4 members (excludes halogenated alkanes) is 2. The average Bonchev–Trinajstić information content (AvgIpc) is 2.53. The molecule has 0 fully saturated rings. The molecule has 0 amide bonds. The molecule has 2 nitrogen and oxygen atoms in total. The average molecular weight is 231 g/mol. The normalized spacial score (nSPS) is 10.1. The predicted molar refractivity (Wildman–Crippen MR) is 59.2 cm³/mol. The third kappa shape index (κ3) is 4.70. The second-order valence-corrected chi connectivity index (χ2v) is 4.02. The molecule has 1 aromatic rings. The van der Waals surface area contributed by atoms with E-state index in [4.69, 9.17) is 0 Å². The van der Waals surface area contributed by atoms with Gasteiger partial charge in [-0.3, -0.25) is 0 Å². The molecule has 1 heterocycles. The summed E-state index contributed by atoms with van der Waals surface area (Å²) in [5.74, 6) is 0. The van der Waals surface area contributed by atoms with Crippen LogP contribution in [0.25, 0.3) is 0 Å². The van der Waals surface area contributed by atoms with Crippen molar-refractivity contribution in [2.45, 2.75) is 59.5 Å². The lowest BCUT2D eigenvalue weighted by Gasteiger charge is -1.95. The molecule has 0 saturated heterocycles. The van der Waals surface area contributed by atoms with Gasteiger partial charge in [0.05, 0.1) is 13.1 Å². The van der Waals surface area contributed by atoms with Gasteiger partial charge in [-0.05, 0) is 12.8 Å². The Bertz CT molecular complexity index is 269. The van der Waals surface area contributed by atoms with Crippen molar-refractivity contribution in [3.05, 3.63) is 18.2 Å². The number of rotatable bonds is 6. The van der Waals surface area contributed by atoms with E-state index in [1.165, 1.54) is 37.9 Å². The van der Waals surface area contributed by atoms with Crippen LogP contribution < -0.4 is 17.0 Å². The Labute approximate surface area is 99.7 Å². The fraction of sp³-hybridized carbons (Fsp3) is 0.750. The van der Waals surface area contributed by atoms with E-state index >= 15 is 0 Å². The highest BCUT2D eigenvalue weighted by atomic mass is 35.5. The van der Waals surface area contributed by atoms with Crippen molar-refractivity contribution in [2.75, 3.05) is 0 Å². The first kappa shape index (κ1) is 14.5. The minimum atomic E-state index is 0. The van der Waals surface area contributed by atoms with Crippen molar-refractivity contribution in [1.29, 1.82) is 0 Å². The first-order valence-electron chi connectivity index (χ1n) is 5.83. The lowest BCUT2D eigenvalue weighted by Crippen LogP contribution is -3.00. The van der Waals surface area contributed by atoms with E-state index in [1.807, 2.05) is 0 Å². The van der Waals surface area contributed by atoms with Gasteiger partial charge in [0.25, 0.3) is 0 Å². The second kappa shape index (κ2) is 7.75. The van der Waals surface area contributed by atoms with Gasteiger partial charge in [0.2, 0.25) is 6.33 Å². The molecule has 88 valence electrons. The predicted octanol–water partition coefficient (Wildman–Crippen LogP) is -0.312. The molecular weight excluding hydrogens is 208 g/mol. The third-order valence-electron chi connectivity index (χ3n) is 2.62. The van der Waals surface area contributed by atoms with E-state index in [9.17, 15) is 0 Å². The topological polar surface area (TPSA) is 8.81 Å². The van der Waals surface area contributed by atoms with Gasteiger partial charge in [0, 0.05) is 6.92 Å². The van der Waals surface area contributed by atoms with Crippen molar-refractivity contribution >= 4 is 0 Å². The number of hydrogen-bond donors (Lipinski definition) is 0. The van der Waals surface area contributed by atoms with Crippen LogP contribution in [0.5, 0.6) is 0 Å². The number of nitrogens with zero attached hydrogens (tertiary/aromatic N) is 2. The zero-order valence-electron chi connectivity index (χ0n) is 10.2. The van der Waals surface area contributed by atoms with Crippen molar-refractivity contribution in [1.82, 2.24) is 4.57 Å². The minimum Gasteiger partial charge on any atom is -1.00 e. The molecule has 15 heavy (non-hydrogen) atoms. The summed E-state index contributed by atoms with van der Waals surface area (Å²) < 4.78 is 4.67. The van der Waals surface area contributed by atoms with Gasteiger partial charge in [-0.1, -0.05) is 26.7 Å². The number of imidazole rings is 1. The summed E-state index contributed by atoms with van der Waals surface area (Å²) in [7, 11) is 0. The van der Waals surface area contributed by atoms with E-state index in [0.717, 1.165) is 6.54 Å². The monoisotopic (exact) mass is 230 g/mol. The van der Waals surface area contributed by atoms with Crippen LogP contribution in [-0.2, 0) is 13.1 Å². The van der Waals surface area contributed by atoms with Crippen molar-refractivity contribution in [3.8, 4) is 0 Å². The van der Waals surface area contributed by atoms with Crippen LogP contribution >= 0.6 is 0 Å². The van der Waals surface area contributed by atoms with E-state index in [1.54, 1.807) is 0 Å². The summed E-state index contributed by atoms with van der Waals surface area (Å²) >= 11 is 0. The maximum atomic E-state index is 2.36. The van der Waals surface area contributed by atoms with Gasteiger partial charge in [0.1, 0.15) is 11.9 Å². The Kier molecular flexibility index (Phi) is 7.49. The van der Waals surface area contributed by atoms with E-state index < -0.39 is 0 Å². The fourth-order valence-corrected chi connectivity index (χ4v) is 1.64. The summed E-state index contributed by atoms with van der Waals surface area (Å²) in [6, 6.07) is 0. The van der Waals surface area contributed by atoms with Crippen LogP contribution in [0.2, 0.25) is 0 Å². The molecule has 3 heteroatoms. The van der Waals surface area contributed by atoms with E-state index in [0.29, 0.717) is 0 Å². The van der Waals surface area contributed by atoms with Gasteiger partial charge >= 0.3 is 0 Å². The molecule has 0 bridgehead atoms. The lowest BCUT2D eigenvalue weighted by molar-refractivity contribution is -0.702. The van der Waals surface area contributed by atoms with Crippen LogP contribution in [0.1, 0.15) is 45.2 Å². The van der Waals surface area contributed by atoms with Crippen LogP contribution in [0, 0.1) is 6.92 Å². The molecular formula is C12H23ClN2. The summed E-state index contributed by atoms with van der Waals surface area (Å²) in [6.45, 7) is 9.00. The number of aromatic nitrogens is 2. The largest absolute Gasteiger partial charge is 1.00 e. The van der Waals surface area contributed by atoms with Crippen LogP contribution in [0.15, 0.2) is 12.5 Å². The molecule has 0 spiro atoms. The van der Waals surface area contributed by atoms with E-state index in [-0.39, 0.29) is 12.4 Å². The third-order valence-corrected chi connectivity index (χ3v) is 2.62. The Morgan fingerprint density at radius 3 is 2.47 bits per heavy atom. The van der Waals surface area contributed by atoms with Gasteiger partial charge in [-0.15, -0.1) is 0 Å². The molecule has 0 N–H and O–H groups in total. The van der Waals surface area contributed by atoms with Gasteiger partial charge in [-0.2, -0.15) is 0 Å².